The van der Waals surface area contributed by atoms with Gasteiger partial charge in [0.25, 0.3) is 5.91 Å². The van der Waals surface area contributed by atoms with Gasteiger partial charge in [-0.15, -0.1) is 0 Å². The molecule has 1 saturated heterocycles. The Hall–Kier alpha value is -3.60. The van der Waals surface area contributed by atoms with Crippen molar-refractivity contribution >= 4 is 66.5 Å². The molecular formula is C33H39Cl2N5O8S2. The summed E-state index contributed by atoms with van der Waals surface area (Å²) in [7, 11) is -8.09. The highest BCUT2D eigenvalue weighted by atomic mass is 35.5. The second kappa shape index (κ2) is 15.7. The molecule has 50 heavy (non-hydrogen) atoms. The topological polar surface area (TPSA) is 181 Å². The number of sulfonamides is 1. The van der Waals surface area contributed by atoms with Crippen molar-refractivity contribution in [2.24, 2.45) is 0 Å². The normalized spacial score (nSPS) is 17.6. The number of nitrogens with zero attached hydrogens (tertiary/aromatic N) is 2. The van der Waals surface area contributed by atoms with Crippen LogP contribution in [0.1, 0.15) is 50.0 Å². The number of hydrogen-bond donors (Lipinski definition) is 3. The number of anilines is 1. The van der Waals surface area contributed by atoms with Crippen LogP contribution >= 0.6 is 23.2 Å². The van der Waals surface area contributed by atoms with Crippen molar-refractivity contribution in [3.63, 3.8) is 0 Å². The van der Waals surface area contributed by atoms with Crippen molar-refractivity contribution in [3.8, 4) is 0 Å². The number of carbonyl (C=O) groups is 3. The summed E-state index contributed by atoms with van der Waals surface area (Å²) in [6.07, 6.45) is 3.82. The molecule has 0 aliphatic carbocycles. The first kappa shape index (κ1) is 39.2. The highest BCUT2D eigenvalue weighted by Crippen LogP contribution is 2.30. The van der Waals surface area contributed by atoms with Gasteiger partial charge in [-0.1, -0.05) is 41.4 Å². The van der Waals surface area contributed by atoms with Crippen molar-refractivity contribution < 1.29 is 36.0 Å². The molecule has 0 spiro atoms. The summed E-state index contributed by atoms with van der Waals surface area (Å²) >= 11 is 12.2. The summed E-state index contributed by atoms with van der Waals surface area (Å²) in [5.74, 6) is -2.02. The number of aromatic nitrogens is 1. The number of nitrogens with one attached hydrogen (secondary N) is 3. The van der Waals surface area contributed by atoms with Crippen LogP contribution in [0.4, 0.5) is 5.69 Å². The first-order chi connectivity index (χ1) is 23.3. The van der Waals surface area contributed by atoms with Gasteiger partial charge in [0.1, 0.15) is 12.1 Å². The molecule has 0 saturated carbocycles. The van der Waals surface area contributed by atoms with E-state index in [9.17, 15) is 31.2 Å². The molecule has 1 aromatic heterocycles. The average molecular weight is 769 g/mol. The van der Waals surface area contributed by atoms with Gasteiger partial charge in [0.2, 0.25) is 15.9 Å². The Morgan fingerprint density at radius 3 is 2.20 bits per heavy atom. The van der Waals surface area contributed by atoms with E-state index in [4.69, 9.17) is 27.9 Å². The summed E-state index contributed by atoms with van der Waals surface area (Å²) < 4.78 is 58.6. The first-order valence-electron chi connectivity index (χ1n) is 15.6. The SMILES string of the molecule is CCOC(=O)[C@H](Cc1ccc(NC(=O)c2c(Cl)cncc2Cl)cc1)NC(=O)[C@@H]1C(NC(C)(C)C)CCN1S(=O)(=O)c1cccc(S(C)(=O)=O)c1. The number of amides is 2. The summed E-state index contributed by atoms with van der Waals surface area (Å²) in [6, 6.07) is 8.32. The molecule has 1 aliphatic rings. The van der Waals surface area contributed by atoms with Crippen LogP contribution in [-0.4, -0.2) is 87.0 Å². The van der Waals surface area contributed by atoms with Crippen LogP contribution in [-0.2, 0) is 40.6 Å². The molecule has 3 N–H and O–H groups in total. The van der Waals surface area contributed by atoms with Crippen molar-refractivity contribution in [2.75, 3.05) is 24.7 Å². The standard InChI is InChI=1S/C33H39Cl2N5O8S2/c1-6-48-32(43)27(16-20-10-12-21(13-11-20)37-30(41)28-24(34)18-36-19-25(28)35)38-31(42)29-26(39-33(2,3)4)14-15-40(29)50(46,47)23-9-7-8-22(17-23)49(5,44)45/h7-13,17-19,26-27,29,39H,6,14-16H2,1-5H3,(H,37,41)(H,38,42)/t26?,27-,29-/m0/s1. The fourth-order valence-electron chi connectivity index (χ4n) is 5.53. The number of carbonyl (C=O) groups excluding carboxylic acids is 3. The largest absolute Gasteiger partial charge is 0.464 e. The van der Waals surface area contributed by atoms with Gasteiger partial charge in [-0.2, -0.15) is 4.31 Å². The van der Waals surface area contributed by atoms with Gasteiger partial charge in [0, 0.05) is 48.9 Å². The number of benzene rings is 2. The molecule has 3 aromatic rings. The second-order valence-electron chi connectivity index (χ2n) is 12.7. The van der Waals surface area contributed by atoms with E-state index < -0.39 is 61.3 Å². The minimum absolute atomic E-state index is 0.0198. The van der Waals surface area contributed by atoms with Crippen LogP contribution in [0.5, 0.6) is 0 Å². The molecule has 17 heteroatoms. The molecule has 0 bridgehead atoms. The molecule has 270 valence electrons. The minimum Gasteiger partial charge on any atom is -0.464 e. The molecule has 2 aromatic carbocycles. The summed E-state index contributed by atoms with van der Waals surface area (Å²) in [5.41, 5.74) is 0.551. The molecule has 2 amide bonds. The molecule has 4 rings (SSSR count). The van der Waals surface area contributed by atoms with Crippen LogP contribution in [0.3, 0.4) is 0 Å². The highest BCUT2D eigenvalue weighted by Gasteiger charge is 2.47. The Morgan fingerprint density at radius 2 is 1.62 bits per heavy atom. The van der Waals surface area contributed by atoms with Gasteiger partial charge in [-0.05, 0) is 70.0 Å². The zero-order chi connectivity index (χ0) is 37.0. The molecule has 2 heterocycles. The minimum atomic E-state index is -4.37. The fourth-order valence-corrected chi connectivity index (χ4v) is 8.49. The van der Waals surface area contributed by atoms with E-state index in [1.807, 2.05) is 20.8 Å². The van der Waals surface area contributed by atoms with E-state index in [-0.39, 0.29) is 51.4 Å². The summed E-state index contributed by atoms with van der Waals surface area (Å²) in [6.45, 7) is 7.25. The summed E-state index contributed by atoms with van der Waals surface area (Å²) in [5, 5.41) is 8.90. The third-order valence-electron chi connectivity index (χ3n) is 7.70. The van der Waals surface area contributed by atoms with Gasteiger partial charge in [-0.25, -0.2) is 21.6 Å². The van der Waals surface area contributed by atoms with E-state index in [0.29, 0.717) is 11.3 Å². The van der Waals surface area contributed by atoms with Crippen molar-refractivity contribution in [1.82, 2.24) is 19.9 Å². The number of rotatable bonds is 12. The molecule has 13 nitrogen and oxygen atoms in total. The van der Waals surface area contributed by atoms with Crippen LogP contribution in [0, 0.1) is 0 Å². The highest BCUT2D eigenvalue weighted by molar-refractivity contribution is 7.91. The van der Waals surface area contributed by atoms with Gasteiger partial charge < -0.3 is 20.7 Å². The zero-order valence-corrected chi connectivity index (χ0v) is 31.2. The van der Waals surface area contributed by atoms with Crippen LogP contribution < -0.4 is 16.0 Å². The maximum atomic E-state index is 14.1. The lowest BCUT2D eigenvalue weighted by Gasteiger charge is -2.32. The number of sulfone groups is 1. The average Bonchev–Trinajstić information content (AvgIpc) is 3.44. The molecule has 1 aliphatic heterocycles. The Morgan fingerprint density at radius 1 is 1.00 bits per heavy atom. The molecule has 1 unspecified atom stereocenters. The lowest BCUT2D eigenvalue weighted by molar-refractivity contribution is -0.147. The maximum Gasteiger partial charge on any atom is 0.328 e. The second-order valence-corrected chi connectivity index (χ2v) is 17.5. The summed E-state index contributed by atoms with van der Waals surface area (Å²) in [4.78, 5) is 43.4. The monoisotopic (exact) mass is 767 g/mol. The molecule has 0 radical (unpaired) electrons. The quantitative estimate of drug-likeness (QED) is 0.229. The Labute approximate surface area is 302 Å². The van der Waals surface area contributed by atoms with Crippen molar-refractivity contribution in [2.45, 2.75) is 74.0 Å². The lowest BCUT2D eigenvalue weighted by Crippen LogP contribution is -2.59. The smallest absolute Gasteiger partial charge is 0.328 e. The number of pyridine rings is 1. The Kier molecular flexibility index (Phi) is 12.3. The first-order valence-corrected chi connectivity index (χ1v) is 19.7. The van der Waals surface area contributed by atoms with Gasteiger partial charge >= 0.3 is 5.97 Å². The third kappa shape index (κ3) is 9.59. The van der Waals surface area contributed by atoms with E-state index in [1.165, 1.54) is 30.6 Å². The van der Waals surface area contributed by atoms with E-state index in [0.717, 1.165) is 16.6 Å². The van der Waals surface area contributed by atoms with E-state index >= 15 is 0 Å². The Bertz CT molecular complexity index is 1950. The number of hydrogen-bond acceptors (Lipinski definition) is 10. The number of halogens is 2. The van der Waals surface area contributed by atoms with Gasteiger partial charge in [0.05, 0.1) is 32.0 Å². The van der Waals surface area contributed by atoms with Crippen LogP contribution in [0.25, 0.3) is 0 Å². The molecule has 1 fully saturated rings. The van der Waals surface area contributed by atoms with E-state index in [2.05, 4.69) is 20.9 Å². The fraction of sp³-hybridized carbons (Fsp3) is 0.394. The van der Waals surface area contributed by atoms with Crippen molar-refractivity contribution in [1.29, 1.82) is 0 Å². The number of ether oxygens (including phenoxy) is 1. The zero-order valence-electron chi connectivity index (χ0n) is 28.1. The van der Waals surface area contributed by atoms with E-state index in [1.54, 1.807) is 31.2 Å². The third-order valence-corrected chi connectivity index (χ3v) is 11.3. The van der Waals surface area contributed by atoms with Gasteiger partial charge in [-0.3, -0.25) is 14.6 Å². The van der Waals surface area contributed by atoms with Gasteiger partial charge in [0.15, 0.2) is 9.84 Å². The predicted octanol–water partition coefficient (Wildman–Crippen LogP) is 3.85. The maximum absolute atomic E-state index is 14.1. The number of esters is 1. The van der Waals surface area contributed by atoms with Crippen LogP contribution in [0.15, 0.2) is 70.7 Å². The van der Waals surface area contributed by atoms with Crippen molar-refractivity contribution in [3.05, 3.63) is 82.1 Å². The predicted molar refractivity (Wildman–Crippen MR) is 189 cm³/mol. The molecule has 3 atom stereocenters. The lowest BCUT2D eigenvalue weighted by atomic mass is 10.0. The Balaban J connectivity index is 1.60. The molecular weight excluding hydrogens is 729 g/mol. The van der Waals surface area contributed by atoms with Crippen LogP contribution in [0.2, 0.25) is 10.0 Å².